The van der Waals surface area contributed by atoms with Crippen molar-refractivity contribution in [3.63, 3.8) is 0 Å². The maximum atomic E-state index is 12.0. The summed E-state index contributed by atoms with van der Waals surface area (Å²) >= 11 is 0. The van der Waals surface area contributed by atoms with Crippen molar-refractivity contribution in [1.29, 1.82) is 0 Å². The van der Waals surface area contributed by atoms with Crippen LogP contribution in [0.15, 0.2) is 11.6 Å². The van der Waals surface area contributed by atoms with Gasteiger partial charge in [0.25, 0.3) is 0 Å². The number of carbonyl (C=O) groups is 1. The van der Waals surface area contributed by atoms with Gasteiger partial charge >= 0.3 is 0 Å². The summed E-state index contributed by atoms with van der Waals surface area (Å²) in [5, 5.41) is 3.41. The molecule has 0 saturated carbocycles. The average Bonchev–Trinajstić information content (AvgIpc) is 2.38. The van der Waals surface area contributed by atoms with E-state index in [9.17, 15) is 4.79 Å². The summed E-state index contributed by atoms with van der Waals surface area (Å²) in [5.74, 6) is 1.16. The Morgan fingerprint density at radius 2 is 2.31 bits per heavy atom. The molecule has 2 heteroatoms. The molecule has 0 spiro atoms. The Kier molecular flexibility index (Phi) is 4.58. The van der Waals surface area contributed by atoms with Crippen LogP contribution < -0.4 is 5.32 Å². The zero-order valence-corrected chi connectivity index (χ0v) is 10.1. The molecule has 16 heavy (non-hydrogen) atoms. The van der Waals surface area contributed by atoms with Gasteiger partial charge in [-0.15, -0.1) is 0 Å². The molecule has 1 fully saturated rings. The van der Waals surface area contributed by atoms with Gasteiger partial charge in [0.15, 0.2) is 5.78 Å². The summed E-state index contributed by atoms with van der Waals surface area (Å²) in [6.07, 6.45) is 11.2. The molecule has 2 aliphatic rings. The van der Waals surface area contributed by atoms with Gasteiger partial charge in [0.05, 0.1) is 0 Å². The molecule has 0 radical (unpaired) electrons. The molecule has 1 unspecified atom stereocenters. The van der Waals surface area contributed by atoms with Crippen LogP contribution in [0.1, 0.15) is 51.4 Å². The summed E-state index contributed by atoms with van der Waals surface area (Å²) in [6.45, 7) is 2.28. The Hall–Kier alpha value is -0.630. The summed E-state index contributed by atoms with van der Waals surface area (Å²) in [6, 6.07) is 0. The summed E-state index contributed by atoms with van der Waals surface area (Å²) in [7, 11) is 0. The van der Waals surface area contributed by atoms with Crippen LogP contribution in [-0.4, -0.2) is 18.9 Å². The second-order valence-electron chi connectivity index (χ2n) is 5.15. The number of nitrogens with one attached hydrogen (secondary N) is 1. The molecule has 1 N–H and O–H groups in total. The fraction of sp³-hybridized carbons (Fsp3) is 0.786. The summed E-state index contributed by atoms with van der Waals surface area (Å²) in [5.41, 5.74) is 1.12. The van der Waals surface area contributed by atoms with Crippen molar-refractivity contribution >= 4 is 5.78 Å². The number of carbonyl (C=O) groups excluding carboxylic acids is 1. The Balaban J connectivity index is 1.72. The van der Waals surface area contributed by atoms with E-state index < -0.39 is 0 Å². The quantitative estimate of drug-likeness (QED) is 0.791. The second-order valence-corrected chi connectivity index (χ2v) is 5.15. The second kappa shape index (κ2) is 6.19. The normalized spacial score (nSPS) is 26.2. The minimum atomic E-state index is 0.422. The van der Waals surface area contributed by atoms with E-state index in [1.54, 1.807) is 0 Å². The average molecular weight is 221 g/mol. The van der Waals surface area contributed by atoms with Gasteiger partial charge in [0.2, 0.25) is 0 Å². The van der Waals surface area contributed by atoms with E-state index in [1.807, 2.05) is 0 Å². The first kappa shape index (κ1) is 11.8. The van der Waals surface area contributed by atoms with Crippen LogP contribution in [0.2, 0.25) is 0 Å². The Bertz CT molecular complexity index is 264. The van der Waals surface area contributed by atoms with E-state index in [1.165, 1.54) is 25.7 Å². The van der Waals surface area contributed by atoms with Crippen molar-refractivity contribution < 1.29 is 4.79 Å². The van der Waals surface area contributed by atoms with Crippen molar-refractivity contribution in [2.75, 3.05) is 13.1 Å². The van der Waals surface area contributed by atoms with Crippen molar-refractivity contribution in [2.24, 2.45) is 5.92 Å². The van der Waals surface area contributed by atoms with Crippen LogP contribution in [0.25, 0.3) is 0 Å². The first-order valence-electron chi connectivity index (χ1n) is 6.79. The molecule has 2 nitrogen and oxygen atoms in total. The predicted molar refractivity (Wildman–Crippen MR) is 66.4 cm³/mol. The lowest BCUT2D eigenvalue weighted by Crippen LogP contribution is -2.30. The molecule has 1 heterocycles. The first-order valence-corrected chi connectivity index (χ1v) is 6.79. The molecule has 1 aliphatic carbocycles. The largest absolute Gasteiger partial charge is 0.316 e. The number of piperidine rings is 1. The standard InChI is InChI=1S/C14H23NO/c16-14(13-6-2-1-3-7-13)9-8-12-5-4-10-15-11-12/h6,12,15H,1-5,7-11H2. The first-order chi connectivity index (χ1) is 7.86. The predicted octanol–water partition coefficient (Wildman–Crippen LogP) is 2.84. The minimum Gasteiger partial charge on any atom is -0.316 e. The third-order valence-corrected chi connectivity index (χ3v) is 3.83. The number of hydrogen-bond acceptors (Lipinski definition) is 2. The monoisotopic (exact) mass is 221 g/mol. The Morgan fingerprint density at radius 1 is 1.38 bits per heavy atom. The third kappa shape index (κ3) is 3.44. The molecule has 0 aromatic carbocycles. The van der Waals surface area contributed by atoms with Gasteiger partial charge in [-0.05, 0) is 69.5 Å². The van der Waals surface area contributed by atoms with E-state index in [0.717, 1.165) is 50.3 Å². The third-order valence-electron chi connectivity index (χ3n) is 3.83. The van der Waals surface area contributed by atoms with Crippen LogP contribution >= 0.6 is 0 Å². The molecule has 1 atom stereocenters. The highest BCUT2D eigenvalue weighted by atomic mass is 16.1. The van der Waals surface area contributed by atoms with Gasteiger partial charge in [0, 0.05) is 6.42 Å². The lowest BCUT2D eigenvalue weighted by molar-refractivity contribution is -0.116. The van der Waals surface area contributed by atoms with Crippen molar-refractivity contribution in [3.8, 4) is 0 Å². The zero-order chi connectivity index (χ0) is 11.2. The van der Waals surface area contributed by atoms with E-state index in [2.05, 4.69) is 11.4 Å². The molecule has 0 aromatic rings. The molecule has 1 saturated heterocycles. The van der Waals surface area contributed by atoms with Gasteiger partial charge in [-0.25, -0.2) is 0 Å². The molecule has 0 amide bonds. The highest BCUT2D eigenvalue weighted by molar-refractivity contribution is 5.95. The topological polar surface area (TPSA) is 29.1 Å². The molecule has 90 valence electrons. The smallest absolute Gasteiger partial charge is 0.158 e. The molecular formula is C14H23NO. The fourth-order valence-electron chi connectivity index (χ4n) is 2.76. The fourth-order valence-corrected chi connectivity index (χ4v) is 2.76. The lowest BCUT2D eigenvalue weighted by Gasteiger charge is -2.22. The molecule has 0 aromatic heterocycles. The van der Waals surface area contributed by atoms with Crippen LogP contribution in [0, 0.1) is 5.92 Å². The van der Waals surface area contributed by atoms with Crippen LogP contribution in [-0.2, 0) is 4.79 Å². The number of rotatable bonds is 4. The number of ketones is 1. The van der Waals surface area contributed by atoms with E-state index in [4.69, 9.17) is 0 Å². The number of allylic oxidation sites excluding steroid dienone is 2. The number of hydrogen-bond donors (Lipinski definition) is 1. The molecule has 1 aliphatic heterocycles. The van der Waals surface area contributed by atoms with Crippen molar-refractivity contribution in [3.05, 3.63) is 11.6 Å². The van der Waals surface area contributed by atoms with Gasteiger partial charge in [-0.2, -0.15) is 0 Å². The summed E-state index contributed by atoms with van der Waals surface area (Å²) in [4.78, 5) is 12.0. The van der Waals surface area contributed by atoms with Crippen molar-refractivity contribution in [2.45, 2.75) is 51.4 Å². The highest BCUT2D eigenvalue weighted by Crippen LogP contribution is 2.22. The number of Topliss-reactive ketones (excluding diaryl/α,β-unsaturated/α-hetero) is 1. The van der Waals surface area contributed by atoms with E-state index >= 15 is 0 Å². The van der Waals surface area contributed by atoms with Gasteiger partial charge in [-0.3, -0.25) is 4.79 Å². The molecule has 0 bridgehead atoms. The minimum absolute atomic E-state index is 0.422. The SMILES string of the molecule is O=C(CCC1CCCNC1)C1=CCCCC1. The zero-order valence-electron chi connectivity index (χ0n) is 10.1. The van der Waals surface area contributed by atoms with E-state index in [0.29, 0.717) is 5.78 Å². The Labute approximate surface area is 98.5 Å². The van der Waals surface area contributed by atoms with Gasteiger partial charge in [0.1, 0.15) is 0 Å². The summed E-state index contributed by atoms with van der Waals surface area (Å²) < 4.78 is 0. The Morgan fingerprint density at radius 3 is 3.00 bits per heavy atom. The lowest BCUT2D eigenvalue weighted by atomic mass is 9.89. The molecular weight excluding hydrogens is 198 g/mol. The van der Waals surface area contributed by atoms with Crippen LogP contribution in [0.3, 0.4) is 0 Å². The molecule has 2 rings (SSSR count). The highest BCUT2D eigenvalue weighted by Gasteiger charge is 2.17. The van der Waals surface area contributed by atoms with E-state index in [-0.39, 0.29) is 0 Å². The van der Waals surface area contributed by atoms with Crippen molar-refractivity contribution in [1.82, 2.24) is 5.32 Å². The maximum absolute atomic E-state index is 12.0. The maximum Gasteiger partial charge on any atom is 0.158 e. The van der Waals surface area contributed by atoms with Crippen LogP contribution in [0.5, 0.6) is 0 Å². The van der Waals surface area contributed by atoms with Crippen LogP contribution in [0.4, 0.5) is 0 Å². The van der Waals surface area contributed by atoms with Gasteiger partial charge < -0.3 is 5.32 Å². The van der Waals surface area contributed by atoms with Gasteiger partial charge in [-0.1, -0.05) is 6.08 Å².